The molecule has 0 aliphatic carbocycles. The van der Waals surface area contributed by atoms with Gasteiger partial charge in [-0.3, -0.25) is 0 Å². The topological polar surface area (TPSA) is 75.6 Å². The van der Waals surface area contributed by atoms with E-state index in [2.05, 4.69) is 4.72 Å². The van der Waals surface area contributed by atoms with Crippen molar-refractivity contribution in [1.29, 1.82) is 0 Å². The van der Waals surface area contributed by atoms with E-state index in [1.54, 1.807) is 13.0 Å². The molecular formula is C17H18F3NO4S. The molecule has 0 fully saturated rings. The van der Waals surface area contributed by atoms with Gasteiger partial charge in [0, 0.05) is 6.54 Å². The minimum absolute atomic E-state index is 0.0837. The molecule has 2 N–H and O–H groups in total. The van der Waals surface area contributed by atoms with Gasteiger partial charge in [0.25, 0.3) is 0 Å². The van der Waals surface area contributed by atoms with Gasteiger partial charge < -0.3 is 9.84 Å². The monoisotopic (exact) mass is 389 g/mol. The Hall–Kier alpha value is -2.10. The van der Waals surface area contributed by atoms with Crippen molar-refractivity contribution in [2.24, 2.45) is 0 Å². The molecule has 0 amide bonds. The summed E-state index contributed by atoms with van der Waals surface area (Å²) in [7, 11) is -2.64. The summed E-state index contributed by atoms with van der Waals surface area (Å²) in [5.41, 5.74) is 0.0184. The number of ether oxygens (including phenoxy) is 1. The Morgan fingerprint density at radius 2 is 1.77 bits per heavy atom. The van der Waals surface area contributed by atoms with Gasteiger partial charge >= 0.3 is 6.18 Å². The quantitative estimate of drug-likeness (QED) is 0.796. The van der Waals surface area contributed by atoms with Crippen LogP contribution in [0.3, 0.4) is 0 Å². The van der Waals surface area contributed by atoms with E-state index in [4.69, 9.17) is 4.74 Å². The number of hydrogen-bond donors (Lipinski definition) is 2. The maximum Gasteiger partial charge on any atom is 0.416 e. The third-order valence-electron chi connectivity index (χ3n) is 3.70. The minimum atomic E-state index is -4.48. The Morgan fingerprint density at radius 1 is 1.15 bits per heavy atom. The van der Waals surface area contributed by atoms with Crippen LogP contribution in [0.2, 0.25) is 0 Å². The van der Waals surface area contributed by atoms with Crippen LogP contribution < -0.4 is 9.46 Å². The summed E-state index contributed by atoms with van der Waals surface area (Å²) in [6.45, 7) is 1.32. The van der Waals surface area contributed by atoms with Crippen LogP contribution in [-0.4, -0.2) is 27.2 Å². The molecule has 1 unspecified atom stereocenters. The maximum absolute atomic E-state index is 12.6. The molecule has 0 saturated carbocycles. The number of aryl methyl sites for hydroxylation is 1. The molecule has 2 rings (SSSR count). The number of benzene rings is 2. The van der Waals surface area contributed by atoms with Gasteiger partial charge in [0.05, 0.1) is 18.8 Å². The molecule has 0 saturated heterocycles. The van der Waals surface area contributed by atoms with Crippen molar-refractivity contribution in [1.82, 2.24) is 4.72 Å². The fourth-order valence-electron chi connectivity index (χ4n) is 2.27. The van der Waals surface area contributed by atoms with Gasteiger partial charge in [-0.1, -0.05) is 18.2 Å². The molecule has 1 atom stereocenters. The molecule has 0 spiro atoms. The van der Waals surface area contributed by atoms with Crippen molar-refractivity contribution in [2.75, 3.05) is 13.7 Å². The Bertz CT molecular complexity index is 865. The molecule has 2 aromatic rings. The lowest BCUT2D eigenvalue weighted by atomic mass is 10.1. The third-order valence-corrected chi connectivity index (χ3v) is 5.14. The first-order valence-corrected chi connectivity index (χ1v) is 9.02. The van der Waals surface area contributed by atoms with Crippen molar-refractivity contribution in [2.45, 2.75) is 24.1 Å². The van der Waals surface area contributed by atoms with Crippen LogP contribution in [0.1, 0.15) is 22.8 Å². The zero-order valence-electron chi connectivity index (χ0n) is 14.0. The first-order chi connectivity index (χ1) is 12.0. The van der Waals surface area contributed by atoms with Gasteiger partial charge in [-0.25, -0.2) is 13.1 Å². The number of hydrogen-bond acceptors (Lipinski definition) is 4. The van der Waals surface area contributed by atoms with Crippen LogP contribution in [0.25, 0.3) is 0 Å². The highest BCUT2D eigenvalue weighted by Gasteiger charge is 2.30. The Labute approximate surface area is 149 Å². The fraction of sp³-hybridized carbons (Fsp3) is 0.294. The SMILES string of the molecule is COc1ccc(C)cc1S(=O)(=O)NCC(O)c1ccc(C(F)(F)F)cc1. The summed E-state index contributed by atoms with van der Waals surface area (Å²) in [6.07, 6.45) is -5.78. The van der Waals surface area contributed by atoms with E-state index < -0.39 is 34.4 Å². The summed E-state index contributed by atoms with van der Waals surface area (Å²) in [5, 5.41) is 10.1. The molecule has 0 heterocycles. The number of halogens is 3. The summed E-state index contributed by atoms with van der Waals surface area (Å²) >= 11 is 0. The molecule has 2 aromatic carbocycles. The predicted molar refractivity (Wildman–Crippen MR) is 89.3 cm³/mol. The molecule has 0 bridgehead atoms. The molecule has 26 heavy (non-hydrogen) atoms. The molecule has 0 aliphatic heterocycles. The van der Waals surface area contributed by atoms with Crippen molar-refractivity contribution in [3.8, 4) is 5.75 Å². The van der Waals surface area contributed by atoms with E-state index in [0.717, 1.165) is 24.3 Å². The molecule has 0 aliphatic rings. The first kappa shape index (κ1) is 20.2. The van der Waals surface area contributed by atoms with Gasteiger partial charge in [0.15, 0.2) is 0 Å². The number of aliphatic hydroxyl groups excluding tert-OH is 1. The normalized spacial score (nSPS) is 13.5. The van der Waals surface area contributed by atoms with E-state index in [1.165, 1.54) is 19.2 Å². The van der Waals surface area contributed by atoms with Crippen LogP contribution >= 0.6 is 0 Å². The lowest BCUT2D eigenvalue weighted by Crippen LogP contribution is -2.29. The molecule has 9 heteroatoms. The average molecular weight is 389 g/mol. The highest BCUT2D eigenvalue weighted by molar-refractivity contribution is 7.89. The second-order valence-electron chi connectivity index (χ2n) is 5.64. The van der Waals surface area contributed by atoms with E-state index in [9.17, 15) is 26.7 Å². The van der Waals surface area contributed by atoms with E-state index in [0.29, 0.717) is 5.56 Å². The predicted octanol–water partition coefficient (Wildman–Crippen LogP) is 3.03. The Balaban J connectivity index is 2.13. The van der Waals surface area contributed by atoms with Crippen molar-refractivity contribution in [3.63, 3.8) is 0 Å². The molecule has 0 radical (unpaired) electrons. The van der Waals surface area contributed by atoms with Gasteiger partial charge in [-0.15, -0.1) is 0 Å². The summed E-state index contributed by atoms with van der Waals surface area (Å²) < 4.78 is 69.8. The number of methoxy groups -OCH3 is 1. The summed E-state index contributed by atoms with van der Waals surface area (Å²) in [4.78, 5) is -0.0837. The van der Waals surface area contributed by atoms with E-state index in [-0.39, 0.29) is 16.2 Å². The first-order valence-electron chi connectivity index (χ1n) is 7.54. The van der Waals surface area contributed by atoms with Crippen LogP contribution in [0, 0.1) is 6.92 Å². The van der Waals surface area contributed by atoms with Crippen LogP contribution in [0.5, 0.6) is 5.75 Å². The fourth-order valence-corrected chi connectivity index (χ4v) is 3.56. The van der Waals surface area contributed by atoms with E-state index in [1.807, 2.05) is 0 Å². The number of sulfonamides is 1. The average Bonchev–Trinajstić information content (AvgIpc) is 2.59. The van der Waals surface area contributed by atoms with Gasteiger partial charge in [-0.2, -0.15) is 13.2 Å². The number of nitrogens with one attached hydrogen (secondary N) is 1. The molecule has 142 valence electrons. The van der Waals surface area contributed by atoms with Crippen molar-refractivity contribution < 1.29 is 31.4 Å². The largest absolute Gasteiger partial charge is 0.495 e. The summed E-state index contributed by atoms with van der Waals surface area (Å²) in [6, 6.07) is 8.49. The van der Waals surface area contributed by atoms with Crippen molar-refractivity contribution >= 4 is 10.0 Å². The number of alkyl halides is 3. The van der Waals surface area contributed by atoms with Crippen LogP contribution in [0.15, 0.2) is 47.4 Å². The standard InChI is InChI=1S/C17H18F3NO4S/c1-11-3-8-15(25-2)16(9-11)26(23,24)21-10-14(22)12-4-6-13(7-5-12)17(18,19)20/h3-9,14,21-22H,10H2,1-2H3. The maximum atomic E-state index is 12.6. The number of rotatable bonds is 6. The lowest BCUT2D eigenvalue weighted by molar-refractivity contribution is -0.137. The zero-order valence-corrected chi connectivity index (χ0v) is 14.9. The second kappa shape index (κ2) is 7.65. The van der Waals surface area contributed by atoms with Gasteiger partial charge in [0.2, 0.25) is 10.0 Å². The van der Waals surface area contributed by atoms with E-state index >= 15 is 0 Å². The van der Waals surface area contributed by atoms with Gasteiger partial charge in [0.1, 0.15) is 10.6 Å². The third kappa shape index (κ3) is 4.75. The van der Waals surface area contributed by atoms with Crippen LogP contribution in [-0.2, 0) is 16.2 Å². The minimum Gasteiger partial charge on any atom is -0.495 e. The van der Waals surface area contributed by atoms with Crippen molar-refractivity contribution in [3.05, 3.63) is 59.2 Å². The highest BCUT2D eigenvalue weighted by Crippen LogP contribution is 2.30. The molecule has 0 aromatic heterocycles. The Morgan fingerprint density at radius 3 is 2.31 bits per heavy atom. The number of aliphatic hydroxyl groups is 1. The molecular weight excluding hydrogens is 371 g/mol. The smallest absolute Gasteiger partial charge is 0.416 e. The highest BCUT2D eigenvalue weighted by atomic mass is 32.2. The molecule has 5 nitrogen and oxygen atoms in total. The lowest BCUT2D eigenvalue weighted by Gasteiger charge is -2.15. The van der Waals surface area contributed by atoms with Gasteiger partial charge in [-0.05, 0) is 42.3 Å². The van der Waals surface area contributed by atoms with Crippen LogP contribution in [0.4, 0.5) is 13.2 Å². The summed E-state index contributed by atoms with van der Waals surface area (Å²) in [5.74, 6) is 0.145. The second-order valence-corrected chi connectivity index (χ2v) is 7.38. The Kier molecular flexibility index (Phi) is 5.94. The zero-order chi connectivity index (χ0) is 19.5.